The number of rotatable bonds is 6. The monoisotopic (exact) mass is 298 g/mol. The number of aromatic nitrogens is 3. The lowest BCUT2D eigenvalue weighted by Gasteiger charge is -2.17. The van der Waals surface area contributed by atoms with Crippen molar-refractivity contribution >= 4 is 11.3 Å². The van der Waals surface area contributed by atoms with Crippen molar-refractivity contribution in [2.24, 2.45) is 7.05 Å². The molecule has 2 aromatic heterocycles. The summed E-state index contributed by atoms with van der Waals surface area (Å²) < 4.78 is 1.95. The molecule has 0 aliphatic rings. The second-order valence-corrected chi connectivity index (χ2v) is 5.98. The van der Waals surface area contributed by atoms with Gasteiger partial charge in [0.05, 0.1) is 6.54 Å². The third-order valence-corrected chi connectivity index (χ3v) is 4.47. The summed E-state index contributed by atoms with van der Waals surface area (Å²) in [5, 5.41) is 13.8. The van der Waals surface area contributed by atoms with Gasteiger partial charge in [-0.05, 0) is 23.4 Å². The molecule has 1 aromatic carbocycles. The van der Waals surface area contributed by atoms with Crippen LogP contribution in [0.3, 0.4) is 0 Å². The van der Waals surface area contributed by atoms with E-state index in [1.807, 2.05) is 11.6 Å². The molecule has 0 radical (unpaired) electrons. The summed E-state index contributed by atoms with van der Waals surface area (Å²) in [6.45, 7) is 0.714. The Hall–Kier alpha value is -1.98. The van der Waals surface area contributed by atoms with Crippen LogP contribution in [-0.2, 0) is 20.0 Å². The predicted octanol–water partition coefficient (Wildman–Crippen LogP) is 2.95. The first-order valence-corrected chi connectivity index (χ1v) is 7.84. The summed E-state index contributed by atoms with van der Waals surface area (Å²) in [5.41, 5.74) is 1.33. The van der Waals surface area contributed by atoms with Gasteiger partial charge in [-0.25, -0.2) is 0 Å². The molecule has 5 heteroatoms. The zero-order valence-corrected chi connectivity index (χ0v) is 12.8. The Morgan fingerprint density at radius 1 is 1.19 bits per heavy atom. The molecule has 0 aliphatic heterocycles. The Morgan fingerprint density at radius 2 is 2.05 bits per heavy atom. The fourth-order valence-corrected chi connectivity index (χ4v) is 3.10. The van der Waals surface area contributed by atoms with Gasteiger partial charge in [-0.1, -0.05) is 36.4 Å². The van der Waals surface area contributed by atoms with Gasteiger partial charge in [-0.15, -0.1) is 21.5 Å². The zero-order valence-electron chi connectivity index (χ0n) is 11.9. The highest BCUT2D eigenvalue weighted by atomic mass is 32.1. The second-order valence-electron chi connectivity index (χ2n) is 5.00. The number of nitrogens with zero attached hydrogens (tertiary/aromatic N) is 3. The van der Waals surface area contributed by atoms with Crippen molar-refractivity contribution in [1.29, 1.82) is 0 Å². The van der Waals surface area contributed by atoms with Crippen molar-refractivity contribution in [2.75, 3.05) is 0 Å². The molecule has 0 saturated heterocycles. The molecule has 21 heavy (non-hydrogen) atoms. The van der Waals surface area contributed by atoms with Crippen LogP contribution < -0.4 is 5.32 Å². The van der Waals surface area contributed by atoms with Crippen LogP contribution in [0.1, 0.15) is 22.3 Å². The molecular formula is C16H18N4S. The fraction of sp³-hybridized carbons (Fsp3) is 0.250. The quantitative estimate of drug-likeness (QED) is 0.761. The highest BCUT2D eigenvalue weighted by Gasteiger charge is 2.14. The van der Waals surface area contributed by atoms with Crippen molar-refractivity contribution in [3.63, 3.8) is 0 Å². The van der Waals surface area contributed by atoms with Crippen LogP contribution in [0.4, 0.5) is 0 Å². The first-order chi connectivity index (χ1) is 10.3. The second kappa shape index (κ2) is 6.65. The highest BCUT2D eigenvalue weighted by Crippen LogP contribution is 2.23. The van der Waals surface area contributed by atoms with Crippen LogP contribution >= 0.6 is 11.3 Å². The van der Waals surface area contributed by atoms with Gasteiger partial charge in [0.2, 0.25) is 0 Å². The van der Waals surface area contributed by atoms with Gasteiger partial charge >= 0.3 is 0 Å². The molecule has 0 saturated carbocycles. The summed E-state index contributed by atoms with van der Waals surface area (Å²) in [7, 11) is 1.97. The largest absolute Gasteiger partial charge is 0.320 e. The first kappa shape index (κ1) is 14.0. The van der Waals surface area contributed by atoms with Crippen molar-refractivity contribution in [2.45, 2.75) is 19.0 Å². The van der Waals surface area contributed by atoms with E-state index in [4.69, 9.17) is 0 Å². The lowest BCUT2D eigenvalue weighted by atomic mass is 10.0. The number of hydrogen-bond donors (Lipinski definition) is 1. The molecule has 3 rings (SSSR count). The van der Waals surface area contributed by atoms with E-state index in [2.05, 4.69) is 63.4 Å². The Bertz CT molecular complexity index is 661. The Balaban J connectivity index is 1.72. The predicted molar refractivity (Wildman–Crippen MR) is 85.0 cm³/mol. The van der Waals surface area contributed by atoms with E-state index in [0.29, 0.717) is 12.6 Å². The van der Waals surface area contributed by atoms with E-state index >= 15 is 0 Å². The molecular weight excluding hydrogens is 280 g/mol. The van der Waals surface area contributed by atoms with Crippen molar-refractivity contribution in [3.05, 3.63) is 70.4 Å². The van der Waals surface area contributed by atoms with Gasteiger partial charge in [-0.3, -0.25) is 0 Å². The van der Waals surface area contributed by atoms with Crippen LogP contribution in [-0.4, -0.2) is 14.8 Å². The minimum absolute atomic E-state index is 0.295. The van der Waals surface area contributed by atoms with Crippen LogP contribution in [0.25, 0.3) is 0 Å². The third kappa shape index (κ3) is 3.56. The summed E-state index contributed by atoms with van der Waals surface area (Å²) in [5.74, 6) is 0.949. The maximum Gasteiger partial charge on any atom is 0.146 e. The zero-order chi connectivity index (χ0) is 14.5. The van der Waals surface area contributed by atoms with Gasteiger partial charge in [0, 0.05) is 18.0 Å². The molecule has 0 bridgehead atoms. The standard InChI is InChI=1S/C16H18N4S/c1-20-12-18-19-16(20)11-17-14(15-8-5-9-21-15)10-13-6-3-2-4-7-13/h2-9,12,14,17H,10-11H2,1H3. The maximum absolute atomic E-state index is 4.13. The van der Waals surface area contributed by atoms with Gasteiger partial charge in [-0.2, -0.15) is 0 Å². The maximum atomic E-state index is 4.13. The normalized spacial score (nSPS) is 12.4. The Kier molecular flexibility index (Phi) is 4.43. The van der Waals surface area contributed by atoms with Gasteiger partial charge < -0.3 is 9.88 Å². The minimum Gasteiger partial charge on any atom is -0.320 e. The molecule has 0 spiro atoms. The minimum atomic E-state index is 0.295. The fourth-order valence-electron chi connectivity index (χ4n) is 2.29. The molecule has 0 fully saturated rings. The van der Waals surface area contributed by atoms with Crippen molar-refractivity contribution < 1.29 is 0 Å². The summed E-state index contributed by atoms with van der Waals surface area (Å²) in [6, 6.07) is 15.1. The SMILES string of the molecule is Cn1cnnc1CNC(Cc1ccccc1)c1cccs1. The highest BCUT2D eigenvalue weighted by molar-refractivity contribution is 7.10. The molecule has 1 N–H and O–H groups in total. The van der Waals surface area contributed by atoms with Crippen molar-refractivity contribution in [3.8, 4) is 0 Å². The first-order valence-electron chi connectivity index (χ1n) is 6.96. The van der Waals surface area contributed by atoms with Crippen LogP contribution in [0.2, 0.25) is 0 Å². The van der Waals surface area contributed by atoms with Crippen LogP contribution in [0, 0.1) is 0 Å². The third-order valence-electron chi connectivity index (χ3n) is 3.48. The topological polar surface area (TPSA) is 42.7 Å². The van der Waals surface area contributed by atoms with Gasteiger partial charge in [0.1, 0.15) is 12.2 Å². The van der Waals surface area contributed by atoms with E-state index < -0.39 is 0 Å². The van der Waals surface area contributed by atoms with E-state index in [0.717, 1.165) is 12.2 Å². The lowest BCUT2D eigenvalue weighted by molar-refractivity contribution is 0.518. The number of hydrogen-bond acceptors (Lipinski definition) is 4. The summed E-state index contributed by atoms with van der Waals surface area (Å²) >= 11 is 1.79. The van der Waals surface area contributed by atoms with E-state index in [-0.39, 0.29) is 0 Å². The molecule has 4 nitrogen and oxygen atoms in total. The number of benzene rings is 1. The number of thiophene rings is 1. The van der Waals surface area contributed by atoms with Crippen LogP contribution in [0.15, 0.2) is 54.2 Å². The Labute approximate surface area is 128 Å². The molecule has 0 aliphatic carbocycles. The smallest absolute Gasteiger partial charge is 0.146 e. The summed E-state index contributed by atoms with van der Waals surface area (Å²) in [6.07, 6.45) is 2.70. The summed E-state index contributed by atoms with van der Waals surface area (Å²) in [4.78, 5) is 1.35. The van der Waals surface area contributed by atoms with E-state index in [9.17, 15) is 0 Å². The molecule has 3 aromatic rings. The molecule has 1 unspecified atom stereocenters. The van der Waals surface area contributed by atoms with Gasteiger partial charge in [0.25, 0.3) is 0 Å². The average Bonchev–Trinajstić information content (AvgIpc) is 3.16. The number of aryl methyl sites for hydroxylation is 1. The molecule has 1 atom stereocenters. The molecule has 0 amide bonds. The van der Waals surface area contributed by atoms with Gasteiger partial charge in [0.15, 0.2) is 0 Å². The van der Waals surface area contributed by atoms with Crippen molar-refractivity contribution in [1.82, 2.24) is 20.1 Å². The average molecular weight is 298 g/mol. The van der Waals surface area contributed by atoms with E-state index in [1.54, 1.807) is 17.7 Å². The lowest BCUT2D eigenvalue weighted by Crippen LogP contribution is -2.23. The molecule has 108 valence electrons. The number of nitrogens with one attached hydrogen (secondary N) is 1. The molecule has 2 heterocycles. The van der Waals surface area contributed by atoms with Crippen LogP contribution in [0.5, 0.6) is 0 Å². The Morgan fingerprint density at radius 3 is 2.71 bits per heavy atom. The van der Waals surface area contributed by atoms with E-state index in [1.165, 1.54) is 10.4 Å².